The number of hydrogen-bond donors (Lipinski definition) is 0. The van der Waals surface area contributed by atoms with Crippen molar-refractivity contribution in [3.63, 3.8) is 0 Å². The van der Waals surface area contributed by atoms with Crippen molar-refractivity contribution >= 4 is 87.0 Å². The monoisotopic (exact) mass is 620 g/mol. The topological polar surface area (TPSA) is 0 Å². The summed E-state index contributed by atoms with van der Waals surface area (Å²) in [6.45, 7) is 0. The van der Waals surface area contributed by atoms with Gasteiger partial charge in [0, 0.05) is 0 Å². The Hall–Kier alpha value is 2.53. The van der Waals surface area contributed by atoms with E-state index >= 15 is 0 Å². The molecule has 0 aliphatic heterocycles. The van der Waals surface area contributed by atoms with Crippen LogP contribution in [-0.2, 0) is 0 Å². The molecule has 25 heavy (non-hydrogen) atoms. The van der Waals surface area contributed by atoms with Crippen molar-refractivity contribution in [3.05, 3.63) is 0 Å². The third-order valence-electron chi connectivity index (χ3n) is 4.42. The van der Waals surface area contributed by atoms with Crippen LogP contribution in [0.1, 0.15) is 103 Å². The van der Waals surface area contributed by atoms with Gasteiger partial charge < -0.3 is 0 Å². The fourth-order valence-electron chi connectivity index (χ4n) is 2.95. The Balaban J connectivity index is 3.08. The molecule has 0 heterocycles. The Morgan fingerprint density at radius 2 is 0.760 bits per heavy atom. The first kappa shape index (κ1) is 27.5. The Labute approximate surface area is 196 Å². The largest absolute Gasteiger partial charge is 0.341 e. The molecule has 0 unspecified atom stereocenters. The van der Waals surface area contributed by atoms with Gasteiger partial charge in [0.1, 0.15) is 2.14 Å². The molecule has 0 aromatic rings. The van der Waals surface area contributed by atoms with Crippen LogP contribution in [0.25, 0.3) is 0 Å². The second kappa shape index (κ2) is 17.4. The van der Waals surface area contributed by atoms with E-state index in [4.69, 9.17) is 33.2 Å². The van der Waals surface area contributed by atoms with Gasteiger partial charge in [-0.15, -0.1) is 33.2 Å². The molecule has 152 valence electrons. The molecule has 7 heteroatoms. The minimum atomic E-state index is -2.36. The number of halogens is 6. The fourth-order valence-corrected chi connectivity index (χ4v) is 5.64. The standard InChI is InChI=1S/C18H34Br3Cl3Si/c19-18(20,21)16-14-12-10-8-6-4-2-1-3-5-7-9-11-13-15-17-25(22,23)24/h1-17H2. The summed E-state index contributed by atoms with van der Waals surface area (Å²) in [7, 11) is 0. The van der Waals surface area contributed by atoms with Gasteiger partial charge in [-0.3, -0.25) is 0 Å². The normalized spacial score (nSPS) is 12.7. The highest BCUT2D eigenvalue weighted by molar-refractivity contribution is 9.39. The van der Waals surface area contributed by atoms with Crippen molar-refractivity contribution in [3.8, 4) is 0 Å². The van der Waals surface area contributed by atoms with Gasteiger partial charge in [0.2, 0.25) is 0 Å². The van der Waals surface area contributed by atoms with Gasteiger partial charge >= 0.3 is 6.00 Å². The molecule has 0 aromatic carbocycles. The molecule has 0 aliphatic rings. The van der Waals surface area contributed by atoms with E-state index in [0.717, 1.165) is 18.9 Å². The molecule has 0 spiro atoms. The first-order chi connectivity index (χ1) is 11.7. The highest BCUT2D eigenvalue weighted by Crippen LogP contribution is 2.38. The highest BCUT2D eigenvalue weighted by atomic mass is 80.0. The van der Waals surface area contributed by atoms with E-state index in [1.165, 1.54) is 89.9 Å². The van der Waals surface area contributed by atoms with Crippen LogP contribution in [0.3, 0.4) is 0 Å². The van der Waals surface area contributed by atoms with Crippen LogP contribution in [-0.4, -0.2) is 8.15 Å². The predicted octanol–water partition coefficient (Wildman–Crippen LogP) is 10.7. The Morgan fingerprint density at radius 1 is 0.480 bits per heavy atom. The lowest BCUT2D eigenvalue weighted by molar-refractivity contribution is 0.531. The second-order valence-corrected chi connectivity index (χ2v) is 23.6. The molecule has 0 atom stereocenters. The molecule has 0 amide bonds. The molecule has 0 saturated carbocycles. The SMILES string of the molecule is Cl[Si](Cl)(Cl)CCCCCCCCCCCCCCCCCC(Br)(Br)Br. The molecule has 0 fully saturated rings. The van der Waals surface area contributed by atoms with Crippen molar-refractivity contribution < 1.29 is 0 Å². The summed E-state index contributed by atoms with van der Waals surface area (Å²) in [5.74, 6) is 0. The van der Waals surface area contributed by atoms with Gasteiger partial charge in [0.25, 0.3) is 0 Å². The van der Waals surface area contributed by atoms with Crippen molar-refractivity contribution in [2.24, 2.45) is 0 Å². The van der Waals surface area contributed by atoms with Crippen molar-refractivity contribution in [1.82, 2.24) is 0 Å². The van der Waals surface area contributed by atoms with Crippen LogP contribution < -0.4 is 0 Å². The van der Waals surface area contributed by atoms with Crippen LogP contribution in [0.5, 0.6) is 0 Å². The van der Waals surface area contributed by atoms with Crippen LogP contribution in [0.15, 0.2) is 0 Å². The maximum absolute atomic E-state index is 5.88. The molecular formula is C18H34Br3Cl3Si. The zero-order valence-electron chi connectivity index (χ0n) is 15.3. The summed E-state index contributed by atoms with van der Waals surface area (Å²) in [6, 6.07) is -1.54. The van der Waals surface area contributed by atoms with Crippen LogP contribution in [0.2, 0.25) is 6.04 Å². The second-order valence-electron chi connectivity index (χ2n) is 7.03. The highest BCUT2D eigenvalue weighted by Gasteiger charge is 2.23. The summed E-state index contributed by atoms with van der Waals surface area (Å²) >= 11 is 28.3. The molecular weight excluding hydrogens is 590 g/mol. The van der Waals surface area contributed by atoms with Crippen LogP contribution >= 0.6 is 81.0 Å². The van der Waals surface area contributed by atoms with Crippen LogP contribution in [0, 0.1) is 0 Å². The molecule has 0 aromatic heterocycles. The molecule has 0 rings (SSSR count). The molecule has 0 nitrogen and oxygen atoms in total. The van der Waals surface area contributed by atoms with Gasteiger partial charge in [-0.1, -0.05) is 144 Å². The molecule has 0 radical (unpaired) electrons. The first-order valence-electron chi connectivity index (χ1n) is 9.84. The van der Waals surface area contributed by atoms with Crippen molar-refractivity contribution in [1.29, 1.82) is 0 Å². The smallest absolute Gasteiger partial charge is 0.126 e. The Morgan fingerprint density at radius 3 is 1.04 bits per heavy atom. The lowest BCUT2D eigenvalue weighted by atomic mass is 10.0. The zero-order valence-corrected chi connectivity index (χ0v) is 23.3. The molecule has 0 N–H and O–H groups in total. The Bertz CT molecular complexity index is 266. The first-order valence-corrected chi connectivity index (χ1v) is 17.5. The number of hydrogen-bond acceptors (Lipinski definition) is 0. The van der Waals surface area contributed by atoms with Crippen LogP contribution in [0.4, 0.5) is 0 Å². The van der Waals surface area contributed by atoms with E-state index < -0.39 is 6.00 Å². The quantitative estimate of drug-likeness (QED) is 0.0654. The van der Waals surface area contributed by atoms with Crippen molar-refractivity contribution in [2.45, 2.75) is 111 Å². The lowest BCUT2D eigenvalue weighted by Crippen LogP contribution is -2.07. The summed E-state index contributed by atoms with van der Waals surface area (Å²) in [6.07, 6.45) is 21.3. The van der Waals surface area contributed by atoms with E-state index in [0.29, 0.717) is 0 Å². The number of unbranched alkanes of at least 4 members (excludes halogenated alkanes) is 14. The average Bonchev–Trinajstić information content (AvgIpc) is 2.48. The number of alkyl halides is 3. The molecule has 0 aliphatic carbocycles. The van der Waals surface area contributed by atoms with Crippen molar-refractivity contribution in [2.75, 3.05) is 0 Å². The van der Waals surface area contributed by atoms with E-state index in [1.54, 1.807) is 0 Å². The maximum atomic E-state index is 5.88. The zero-order chi connectivity index (χ0) is 19.0. The van der Waals surface area contributed by atoms with Gasteiger partial charge in [-0.05, 0) is 12.5 Å². The van der Waals surface area contributed by atoms with Gasteiger partial charge in [-0.2, -0.15) is 0 Å². The third kappa shape index (κ3) is 26.5. The van der Waals surface area contributed by atoms with E-state index in [9.17, 15) is 0 Å². The van der Waals surface area contributed by atoms with Gasteiger partial charge in [-0.25, -0.2) is 0 Å². The van der Waals surface area contributed by atoms with E-state index in [1.807, 2.05) is 0 Å². The van der Waals surface area contributed by atoms with E-state index in [-0.39, 0.29) is 2.14 Å². The minimum absolute atomic E-state index is 0.0426. The Kier molecular flexibility index (Phi) is 19.1. The predicted molar refractivity (Wildman–Crippen MR) is 132 cm³/mol. The maximum Gasteiger partial charge on any atom is 0.341 e. The molecule has 0 saturated heterocycles. The summed E-state index contributed by atoms with van der Waals surface area (Å²) in [5, 5.41) is 0. The van der Waals surface area contributed by atoms with Gasteiger partial charge in [0.15, 0.2) is 0 Å². The van der Waals surface area contributed by atoms with Gasteiger partial charge in [0.05, 0.1) is 0 Å². The average molecular weight is 625 g/mol. The summed E-state index contributed by atoms with van der Waals surface area (Å²) < 4.78 is -0.0426. The summed E-state index contributed by atoms with van der Waals surface area (Å²) in [5.41, 5.74) is 0. The summed E-state index contributed by atoms with van der Waals surface area (Å²) in [4.78, 5) is 0. The fraction of sp³-hybridized carbons (Fsp3) is 1.00. The lowest BCUT2D eigenvalue weighted by Gasteiger charge is -2.10. The molecule has 0 bridgehead atoms. The third-order valence-corrected chi connectivity index (χ3v) is 8.23. The minimum Gasteiger partial charge on any atom is -0.126 e. The van der Waals surface area contributed by atoms with E-state index in [2.05, 4.69) is 47.8 Å². The number of rotatable bonds is 17.